The molecular formula is C15H26N4O. The van der Waals surface area contributed by atoms with Crippen molar-refractivity contribution in [3.8, 4) is 0 Å². The molecular weight excluding hydrogens is 252 g/mol. The van der Waals surface area contributed by atoms with E-state index in [0.29, 0.717) is 6.04 Å². The number of carbonyl (C=O) groups excluding carboxylic acids is 1. The predicted octanol–water partition coefficient (Wildman–Crippen LogP) is 1.64. The average molecular weight is 278 g/mol. The summed E-state index contributed by atoms with van der Waals surface area (Å²) >= 11 is 0. The maximum atomic E-state index is 12.9. The van der Waals surface area contributed by atoms with Crippen molar-refractivity contribution in [2.75, 3.05) is 19.6 Å². The fraction of sp³-hybridized carbons (Fsp3) is 0.733. The highest BCUT2D eigenvalue weighted by Gasteiger charge is 2.28. The van der Waals surface area contributed by atoms with Crippen molar-refractivity contribution in [1.29, 1.82) is 0 Å². The third-order valence-electron chi connectivity index (χ3n) is 4.16. The maximum absolute atomic E-state index is 12.9. The summed E-state index contributed by atoms with van der Waals surface area (Å²) in [4.78, 5) is 15.0. The van der Waals surface area contributed by atoms with Crippen LogP contribution in [0.25, 0.3) is 0 Å². The van der Waals surface area contributed by atoms with Crippen molar-refractivity contribution in [3.63, 3.8) is 0 Å². The van der Waals surface area contributed by atoms with Gasteiger partial charge in [-0.05, 0) is 39.7 Å². The van der Waals surface area contributed by atoms with Gasteiger partial charge in [-0.2, -0.15) is 5.10 Å². The first-order valence-corrected chi connectivity index (χ1v) is 7.58. The highest BCUT2D eigenvalue weighted by atomic mass is 16.2. The molecule has 0 bridgehead atoms. The highest BCUT2D eigenvalue weighted by molar-refractivity contribution is 5.96. The molecule has 0 saturated carbocycles. The first-order valence-electron chi connectivity index (χ1n) is 7.58. The smallest absolute Gasteiger partial charge is 0.257 e. The Balaban J connectivity index is 2.26. The largest absolute Gasteiger partial charge is 0.334 e. The summed E-state index contributed by atoms with van der Waals surface area (Å²) < 4.78 is 1.80. The zero-order valence-corrected chi connectivity index (χ0v) is 13.1. The fourth-order valence-corrected chi connectivity index (χ4v) is 3.02. The van der Waals surface area contributed by atoms with E-state index in [4.69, 9.17) is 0 Å². The van der Waals surface area contributed by atoms with Crippen LogP contribution in [-0.4, -0.2) is 46.3 Å². The first-order chi connectivity index (χ1) is 9.56. The topological polar surface area (TPSA) is 50.2 Å². The van der Waals surface area contributed by atoms with Crippen molar-refractivity contribution in [3.05, 3.63) is 17.0 Å². The molecule has 0 aliphatic carbocycles. The molecule has 1 aromatic heterocycles. The Morgan fingerprint density at radius 2 is 2.25 bits per heavy atom. The summed E-state index contributed by atoms with van der Waals surface area (Å²) in [5, 5.41) is 7.77. The molecule has 0 aromatic carbocycles. The second kappa shape index (κ2) is 6.39. The van der Waals surface area contributed by atoms with E-state index >= 15 is 0 Å². The minimum absolute atomic E-state index is 0.142. The molecule has 1 N–H and O–H groups in total. The Kier molecular flexibility index (Phi) is 4.81. The lowest BCUT2D eigenvalue weighted by atomic mass is 10.0. The molecule has 1 aliphatic heterocycles. The Bertz CT molecular complexity index is 474. The Morgan fingerprint density at radius 1 is 1.50 bits per heavy atom. The number of amides is 1. The van der Waals surface area contributed by atoms with E-state index in [1.807, 2.05) is 25.8 Å². The van der Waals surface area contributed by atoms with E-state index in [2.05, 4.69) is 17.3 Å². The monoisotopic (exact) mass is 278 g/mol. The molecule has 2 rings (SSSR count). The molecule has 20 heavy (non-hydrogen) atoms. The quantitative estimate of drug-likeness (QED) is 0.911. The summed E-state index contributed by atoms with van der Waals surface area (Å²) in [6.45, 7) is 8.80. The van der Waals surface area contributed by atoms with Crippen molar-refractivity contribution >= 4 is 5.91 Å². The van der Waals surface area contributed by atoms with E-state index in [1.165, 1.54) is 0 Å². The van der Waals surface area contributed by atoms with Gasteiger partial charge in [0.05, 0.1) is 11.3 Å². The molecule has 5 nitrogen and oxygen atoms in total. The minimum atomic E-state index is 0.142. The van der Waals surface area contributed by atoms with Crippen LogP contribution < -0.4 is 5.32 Å². The molecule has 1 fully saturated rings. The van der Waals surface area contributed by atoms with E-state index in [-0.39, 0.29) is 5.91 Å². The fourth-order valence-electron chi connectivity index (χ4n) is 3.02. The van der Waals surface area contributed by atoms with Crippen molar-refractivity contribution in [2.24, 2.45) is 7.05 Å². The van der Waals surface area contributed by atoms with Crippen LogP contribution in [0.2, 0.25) is 0 Å². The van der Waals surface area contributed by atoms with Crippen LogP contribution in [0.5, 0.6) is 0 Å². The van der Waals surface area contributed by atoms with Gasteiger partial charge in [0.25, 0.3) is 5.91 Å². The van der Waals surface area contributed by atoms with Gasteiger partial charge >= 0.3 is 0 Å². The maximum Gasteiger partial charge on any atom is 0.257 e. The third kappa shape index (κ3) is 2.87. The van der Waals surface area contributed by atoms with E-state index in [0.717, 1.165) is 55.8 Å². The van der Waals surface area contributed by atoms with Gasteiger partial charge in [0.15, 0.2) is 0 Å². The van der Waals surface area contributed by atoms with Crippen LogP contribution in [0.15, 0.2) is 0 Å². The lowest BCUT2D eigenvalue weighted by molar-refractivity contribution is 0.0647. The van der Waals surface area contributed by atoms with Gasteiger partial charge in [0.2, 0.25) is 0 Å². The molecule has 112 valence electrons. The van der Waals surface area contributed by atoms with Gasteiger partial charge in [0.1, 0.15) is 0 Å². The standard InChI is InChI=1S/C15H26N4O/c1-5-9-19(13-7-6-8-16-10-13)15(20)14-11(2)17-18(4)12(14)3/h13,16H,5-10H2,1-4H3. The van der Waals surface area contributed by atoms with Gasteiger partial charge in [-0.3, -0.25) is 9.48 Å². The zero-order chi connectivity index (χ0) is 14.7. The molecule has 1 aliphatic rings. The zero-order valence-electron chi connectivity index (χ0n) is 13.1. The summed E-state index contributed by atoms with van der Waals surface area (Å²) in [5.74, 6) is 0.142. The molecule has 1 atom stereocenters. The van der Waals surface area contributed by atoms with E-state index < -0.39 is 0 Å². The van der Waals surface area contributed by atoms with Crippen molar-refractivity contribution in [2.45, 2.75) is 46.1 Å². The number of nitrogens with one attached hydrogen (secondary N) is 1. The van der Waals surface area contributed by atoms with Crippen LogP contribution in [0.1, 0.15) is 47.9 Å². The minimum Gasteiger partial charge on any atom is -0.334 e. The summed E-state index contributed by atoms with van der Waals surface area (Å²) in [7, 11) is 1.89. The van der Waals surface area contributed by atoms with Crippen LogP contribution in [0, 0.1) is 13.8 Å². The van der Waals surface area contributed by atoms with Crippen molar-refractivity contribution in [1.82, 2.24) is 20.0 Å². The molecule has 1 unspecified atom stereocenters. The summed E-state index contributed by atoms with van der Waals surface area (Å²) in [5.41, 5.74) is 2.57. The number of hydrogen-bond donors (Lipinski definition) is 1. The lowest BCUT2D eigenvalue weighted by Gasteiger charge is -2.34. The first kappa shape index (κ1) is 15.0. The molecule has 1 aromatic rings. The molecule has 0 radical (unpaired) electrons. The summed E-state index contributed by atoms with van der Waals surface area (Å²) in [6, 6.07) is 0.315. The molecule has 1 amide bonds. The van der Waals surface area contributed by atoms with Gasteiger partial charge in [0, 0.05) is 31.9 Å². The number of aromatic nitrogens is 2. The Hall–Kier alpha value is -1.36. The number of hydrogen-bond acceptors (Lipinski definition) is 3. The van der Waals surface area contributed by atoms with Gasteiger partial charge < -0.3 is 10.2 Å². The van der Waals surface area contributed by atoms with E-state index in [9.17, 15) is 4.79 Å². The molecule has 1 saturated heterocycles. The number of piperidine rings is 1. The number of rotatable bonds is 4. The van der Waals surface area contributed by atoms with Gasteiger partial charge in [-0.15, -0.1) is 0 Å². The van der Waals surface area contributed by atoms with E-state index in [1.54, 1.807) is 4.68 Å². The molecule has 2 heterocycles. The predicted molar refractivity (Wildman–Crippen MR) is 79.9 cm³/mol. The van der Waals surface area contributed by atoms with Crippen molar-refractivity contribution < 1.29 is 4.79 Å². The highest BCUT2D eigenvalue weighted by Crippen LogP contribution is 2.19. The third-order valence-corrected chi connectivity index (χ3v) is 4.16. The normalized spacial score (nSPS) is 19.1. The lowest BCUT2D eigenvalue weighted by Crippen LogP contribution is -2.49. The average Bonchev–Trinajstić information content (AvgIpc) is 2.70. The second-order valence-electron chi connectivity index (χ2n) is 5.67. The Morgan fingerprint density at radius 3 is 2.75 bits per heavy atom. The molecule has 0 spiro atoms. The number of nitrogens with zero attached hydrogens (tertiary/aromatic N) is 3. The Labute approximate surface area is 121 Å². The van der Waals surface area contributed by atoms with Crippen LogP contribution in [0.4, 0.5) is 0 Å². The SMILES string of the molecule is CCCN(C(=O)c1c(C)nn(C)c1C)C1CCCNC1. The summed E-state index contributed by atoms with van der Waals surface area (Å²) in [6.07, 6.45) is 3.22. The van der Waals surface area contributed by atoms with Crippen LogP contribution in [0.3, 0.4) is 0 Å². The van der Waals surface area contributed by atoms with Crippen LogP contribution >= 0.6 is 0 Å². The van der Waals surface area contributed by atoms with Gasteiger partial charge in [-0.25, -0.2) is 0 Å². The number of aryl methyl sites for hydroxylation is 2. The second-order valence-corrected chi connectivity index (χ2v) is 5.67. The van der Waals surface area contributed by atoms with Crippen LogP contribution in [-0.2, 0) is 7.05 Å². The van der Waals surface area contributed by atoms with Gasteiger partial charge in [-0.1, -0.05) is 6.92 Å². The molecule has 5 heteroatoms. The number of carbonyl (C=O) groups is 1.